The quantitative estimate of drug-likeness (QED) is 0.304. The Morgan fingerprint density at radius 1 is 1.18 bits per heavy atom. The molecule has 4 rings (SSSR count). The van der Waals surface area contributed by atoms with Crippen LogP contribution >= 0.6 is 0 Å². The van der Waals surface area contributed by atoms with Crippen LogP contribution in [0.3, 0.4) is 0 Å². The fourth-order valence-corrected chi connectivity index (χ4v) is 5.28. The van der Waals surface area contributed by atoms with Gasteiger partial charge in [-0.15, -0.1) is 10.2 Å². The molecule has 2 aromatic rings. The average molecular weight is 497 g/mol. The summed E-state index contributed by atoms with van der Waals surface area (Å²) in [6, 6.07) is 13.1. The molecule has 1 fully saturated rings. The lowest BCUT2D eigenvalue weighted by Gasteiger charge is -2.26. The molecule has 34 heavy (non-hydrogen) atoms. The molecule has 12 heteroatoms. The molecule has 0 amide bonds. The fourth-order valence-electron chi connectivity index (χ4n) is 3.71. The molecular formula is C22H26F2N4O5S. The van der Waals surface area contributed by atoms with Crippen molar-refractivity contribution in [3.8, 4) is 0 Å². The van der Waals surface area contributed by atoms with Crippen LogP contribution in [0.1, 0.15) is 36.5 Å². The third-order valence-corrected chi connectivity index (χ3v) is 7.59. The van der Waals surface area contributed by atoms with Crippen LogP contribution in [0.4, 0.5) is 20.2 Å². The van der Waals surface area contributed by atoms with Gasteiger partial charge in [-0.1, -0.05) is 30.7 Å². The normalized spacial score (nSPS) is 20.8. The highest BCUT2D eigenvalue weighted by Crippen LogP contribution is 2.43. The van der Waals surface area contributed by atoms with Crippen LogP contribution in [-0.4, -0.2) is 45.1 Å². The van der Waals surface area contributed by atoms with Crippen LogP contribution in [0.2, 0.25) is 0 Å². The Hall–Kier alpha value is -2.51. The van der Waals surface area contributed by atoms with Crippen LogP contribution in [0, 0.1) is 0 Å². The first-order chi connectivity index (χ1) is 16.3. The highest BCUT2D eigenvalue weighted by Gasteiger charge is 2.43. The molecule has 1 heterocycles. The third kappa shape index (κ3) is 5.58. The van der Waals surface area contributed by atoms with Gasteiger partial charge in [0.2, 0.25) is 10.0 Å². The highest BCUT2D eigenvalue weighted by atomic mass is 32.2. The van der Waals surface area contributed by atoms with E-state index in [1.54, 1.807) is 48.5 Å². The maximum atomic E-state index is 13.0. The number of azo groups is 1. The Morgan fingerprint density at radius 3 is 2.71 bits per heavy atom. The topological polar surface area (TPSA) is 122 Å². The summed E-state index contributed by atoms with van der Waals surface area (Å²) in [6.07, 6.45) is 1.29. The molecule has 0 aromatic heterocycles. The van der Waals surface area contributed by atoms with E-state index >= 15 is 0 Å². The van der Waals surface area contributed by atoms with E-state index < -0.39 is 28.6 Å². The molecule has 0 spiro atoms. The minimum atomic E-state index is -3.43. The highest BCUT2D eigenvalue weighted by molar-refractivity contribution is 7.93. The second-order valence-corrected chi connectivity index (χ2v) is 10.0. The van der Waals surface area contributed by atoms with Gasteiger partial charge in [0.25, 0.3) is 0 Å². The molecule has 2 aliphatic rings. The van der Waals surface area contributed by atoms with Gasteiger partial charge in [0.05, 0.1) is 29.2 Å². The van der Waals surface area contributed by atoms with E-state index in [0.29, 0.717) is 29.8 Å². The van der Waals surface area contributed by atoms with Crippen molar-refractivity contribution in [1.82, 2.24) is 5.32 Å². The number of halogens is 2. The summed E-state index contributed by atoms with van der Waals surface area (Å²) in [5, 5.41) is 20.7. The van der Waals surface area contributed by atoms with Crippen LogP contribution < -0.4 is 10.0 Å². The van der Waals surface area contributed by atoms with E-state index in [0.717, 1.165) is 6.42 Å². The molecular weight excluding hydrogens is 470 g/mol. The van der Waals surface area contributed by atoms with E-state index in [1.807, 2.05) is 0 Å². The van der Waals surface area contributed by atoms with Crippen molar-refractivity contribution in [2.45, 2.75) is 43.1 Å². The van der Waals surface area contributed by atoms with Crippen LogP contribution in [0.5, 0.6) is 0 Å². The number of benzene rings is 2. The van der Waals surface area contributed by atoms with Crippen molar-refractivity contribution >= 4 is 21.4 Å². The van der Waals surface area contributed by atoms with Crippen molar-refractivity contribution in [2.75, 3.05) is 24.4 Å². The molecule has 184 valence electrons. The lowest BCUT2D eigenvalue weighted by Crippen LogP contribution is -2.35. The van der Waals surface area contributed by atoms with Crippen molar-refractivity contribution in [3.05, 3.63) is 59.7 Å². The molecule has 9 nitrogen and oxygen atoms in total. The maximum absolute atomic E-state index is 13.0. The lowest BCUT2D eigenvalue weighted by molar-refractivity contribution is -0.317. The Balaban J connectivity index is 1.28. The SMILES string of the molecule is O=S(=O)(Nc1cccc([C@@H](O)CNCCOC2(OC(F)F)N=Nc3ccccc32)c1)C1CCC1. The summed E-state index contributed by atoms with van der Waals surface area (Å²) in [5.74, 6) is -2.02. The van der Waals surface area contributed by atoms with Gasteiger partial charge in [-0.2, -0.15) is 8.78 Å². The zero-order valence-corrected chi connectivity index (χ0v) is 19.0. The number of hydrogen-bond acceptors (Lipinski definition) is 8. The summed E-state index contributed by atoms with van der Waals surface area (Å²) in [4.78, 5) is 0. The number of anilines is 1. The number of ether oxygens (including phenoxy) is 2. The van der Waals surface area contributed by atoms with E-state index in [1.165, 1.54) is 0 Å². The molecule has 3 N–H and O–H groups in total. The van der Waals surface area contributed by atoms with E-state index in [4.69, 9.17) is 4.74 Å². The molecule has 1 aliphatic carbocycles. The first-order valence-electron chi connectivity index (χ1n) is 10.9. The van der Waals surface area contributed by atoms with Crippen molar-refractivity contribution < 1.29 is 31.8 Å². The van der Waals surface area contributed by atoms with E-state index in [9.17, 15) is 22.3 Å². The van der Waals surface area contributed by atoms with Gasteiger partial charge < -0.3 is 15.2 Å². The molecule has 1 saturated carbocycles. The number of alkyl halides is 2. The standard InChI is InChI=1S/C22H26F2N4O5S/c23-21(24)33-22(18-9-1-2-10-19(18)26-28-22)32-12-11-25-14-20(29)15-5-3-6-16(13-15)27-34(30,31)17-7-4-8-17/h1-3,5-6,9-10,13,17,20-21,25,27,29H,4,7-8,11-12,14H2/t20-,22?/m0/s1. The second kappa shape index (κ2) is 10.4. The van der Waals surface area contributed by atoms with Gasteiger partial charge in [-0.05, 0) is 42.7 Å². The van der Waals surface area contributed by atoms with Gasteiger partial charge in [0.15, 0.2) is 0 Å². The first kappa shape index (κ1) is 24.6. The molecule has 2 aromatic carbocycles. The summed E-state index contributed by atoms with van der Waals surface area (Å²) >= 11 is 0. The molecule has 0 saturated heterocycles. The maximum Gasteiger partial charge on any atom is 0.349 e. The van der Waals surface area contributed by atoms with Gasteiger partial charge >= 0.3 is 12.5 Å². The molecule has 1 aliphatic heterocycles. The lowest BCUT2D eigenvalue weighted by atomic mass is 10.0. The molecule has 0 bridgehead atoms. The average Bonchev–Trinajstić information content (AvgIpc) is 3.09. The number of rotatable bonds is 12. The zero-order chi connectivity index (χ0) is 24.2. The Morgan fingerprint density at radius 2 is 1.97 bits per heavy atom. The second-order valence-electron chi connectivity index (χ2n) is 8.07. The predicted octanol–water partition coefficient (Wildman–Crippen LogP) is 3.77. The number of aliphatic hydroxyl groups excluding tert-OH is 1. The van der Waals surface area contributed by atoms with E-state index in [-0.39, 0.29) is 30.5 Å². The Bertz CT molecular complexity index is 1130. The molecule has 2 atom stereocenters. The summed E-state index contributed by atoms with van der Waals surface area (Å²) < 4.78 is 63.4. The number of nitrogens with one attached hydrogen (secondary N) is 2. The Labute approximate surface area is 196 Å². The van der Waals surface area contributed by atoms with Crippen molar-refractivity contribution in [3.63, 3.8) is 0 Å². The van der Waals surface area contributed by atoms with Crippen LogP contribution in [0.25, 0.3) is 0 Å². The number of fused-ring (bicyclic) bond motifs is 1. The number of aliphatic hydroxyl groups is 1. The molecule has 0 radical (unpaired) electrons. The van der Waals surface area contributed by atoms with Gasteiger partial charge in [0.1, 0.15) is 0 Å². The summed E-state index contributed by atoms with van der Waals surface area (Å²) in [7, 11) is -3.43. The third-order valence-electron chi connectivity index (χ3n) is 5.72. The van der Waals surface area contributed by atoms with Gasteiger partial charge in [-0.25, -0.2) is 8.42 Å². The van der Waals surface area contributed by atoms with Crippen LogP contribution in [0.15, 0.2) is 58.8 Å². The van der Waals surface area contributed by atoms with Gasteiger partial charge in [-0.3, -0.25) is 9.46 Å². The van der Waals surface area contributed by atoms with Crippen LogP contribution in [-0.2, 0) is 25.4 Å². The Kier molecular flexibility index (Phi) is 7.53. The minimum absolute atomic E-state index is 0.0476. The predicted molar refractivity (Wildman–Crippen MR) is 120 cm³/mol. The minimum Gasteiger partial charge on any atom is -0.387 e. The monoisotopic (exact) mass is 496 g/mol. The van der Waals surface area contributed by atoms with Gasteiger partial charge in [0, 0.05) is 18.8 Å². The smallest absolute Gasteiger partial charge is 0.349 e. The number of sulfonamides is 1. The van der Waals surface area contributed by atoms with Crippen molar-refractivity contribution in [2.24, 2.45) is 10.2 Å². The number of nitrogens with zero attached hydrogens (tertiary/aromatic N) is 2. The largest absolute Gasteiger partial charge is 0.387 e. The first-order valence-corrected chi connectivity index (χ1v) is 12.5. The van der Waals surface area contributed by atoms with E-state index in [2.05, 4.69) is 25.0 Å². The zero-order valence-electron chi connectivity index (χ0n) is 18.2. The fraction of sp³-hybridized carbons (Fsp3) is 0.455. The molecule has 1 unspecified atom stereocenters. The summed E-state index contributed by atoms with van der Waals surface area (Å²) in [6.45, 7) is -2.83. The number of hydrogen-bond donors (Lipinski definition) is 3. The summed E-state index contributed by atoms with van der Waals surface area (Å²) in [5.41, 5.74) is 1.59. The van der Waals surface area contributed by atoms with Crippen molar-refractivity contribution in [1.29, 1.82) is 0 Å².